The molecule has 0 saturated carbocycles. The van der Waals surface area contributed by atoms with Crippen LogP contribution in [0.3, 0.4) is 0 Å². The lowest BCUT2D eigenvalue weighted by atomic mass is 10.2. The Balaban J connectivity index is 2.09. The molecule has 8 nitrogen and oxygen atoms in total. The fourth-order valence-electron chi connectivity index (χ4n) is 2.46. The van der Waals surface area contributed by atoms with Crippen LogP contribution in [0.2, 0.25) is 0 Å². The molecule has 25 heavy (non-hydrogen) atoms. The average Bonchev–Trinajstić information content (AvgIpc) is 2.94. The molecule has 0 radical (unpaired) electrons. The molecule has 1 aromatic heterocycles. The molecule has 1 aliphatic heterocycles. The number of hydrogen-bond donors (Lipinski definition) is 2. The molecule has 2 unspecified atom stereocenters. The summed E-state index contributed by atoms with van der Waals surface area (Å²) in [5, 5.41) is 10.2. The molecule has 10 heteroatoms. The van der Waals surface area contributed by atoms with E-state index in [1.807, 2.05) is 6.92 Å². The maximum absolute atomic E-state index is 12.0. The molecule has 0 amide bonds. The van der Waals surface area contributed by atoms with Crippen molar-refractivity contribution in [3.63, 3.8) is 0 Å². The number of aliphatic hydroxyl groups is 1. The SMILES string of the molecule is CCOC(CCl)OC[C@@H]1O[C@H](n2cc(C=CBr)c(=O)[nH]c2=O)CC1O. The number of nitrogens with one attached hydrogen (secondary N) is 1. The first-order chi connectivity index (χ1) is 12.0. The van der Waals surface area contributed by atoms with Crippen LogP contribution in [0.1, 0.15) is 25.1 Å². The minimum Gasteiger partial charge on any atom is -0.390 e. The maximum atomic E-state index is 12.0. The van der Waals surface area contributed by atoms with Crippen LogP contribution in [-0.2, 0) is 14.2 Å². The molecule has 0 spiro atoms. The molecule has 1 fully saturated rings. The van der Waals surface area contributed by atoms with E-state index in [-0.39, 0.29) is 24.5 Å². The Morgan fingerprint density at radius 3 is 2.96 bits per heavy atom. The molecule has 2 N–H and O–H groups in total. The van der Waals surface area contributed by atoms with Crippen LogP contribution in [0.5, 0.6) is 0 Å². The lowest BCUT2D eigenvalue weighted by Gasteiger charge is -2.20. The Bertz CT molecular complexity index is 706. The average molecular weight is 440 g/mol. The Morgan fingerprint density at radius 2 is 2.32 bits per heavy atom. The number of aliphatic hydroxyl groups excluding tert-OH is 1. The van der Waals surface area contributed by atoms with E-state index >= 15 is 0 Å². The molecule has 140 valence electrons. The van der Waals surface area contributed by atoms with Crippen molar-refractivity contribution < 1.29 is 19.3 Å². The highest BCUT2D eigenvalue weighted by Crippen LogP contribution is 2.28. The van der Waals surface area contributed by atoms with Crippen molar-refractivity contribution in [1.82, 2.24) is 9.55 Å². The van der Waals surface area contributed by atoms with Gasteiger partial charge in [-0.15, -0.1) is 11.6 Å². The molecular weight excluding hydrogens is 420 g/mol. The van der Waals surface area contributed by atoms with Gasteiger partial charge in [0.05, 0.1) is 24.2 Å². The first-order valence-electron chi connectivity index (χ1n) is 7.75. The quantitative estimate of drug-likeness (QED) is 0.466. The fraction of sp³-hybridized carbons (Fsp3) is 0.600. The van der Waals surface area contributed by atoms with Crippen molar-refractivity contribution in [1.29, 1.82) is 0 Å². The lowest BCUT2D eigenvalue weighted by Crippen LogP contribution is -2.34. The van der Waals surface area contributed by atoms with Crippen LogP contribution in [0, 0.1) is 0 Å². The summed E-state index contributed by atoms with van der Waals surface area (Å²) in [6.07, 6.45) is 0.332. The van der Waals surface area contributed by atoms with Crippen molar-refractivity contribution in [3.8, 4) is 0 Å². The first kappa shape index (κ1) is 20.3. The van der Waals surface area contributed by atoms with Crippen molar-refractivity contribution in [2.24, 2.45) is 0 Å². The number of aromatic nitrogens is 2. The Labute approximate surface area is 157 Å². The van der Waals surface area contributed by atoms with Gasteiger partial charge in [0, 0.05) is 19.2 Å². The second-order valence-corrected chi connectivity index (χ2v) is 6.19. The molecule has 1 saturated heterocycles. The Hall–Kier alpha value is -0.970. The number of aromatic amines is 1. The summed E-state index contributed by atoms with van der Waals surface area (Å²) in [5.41, 5.74) is -0.826. The monoisotopic (exact) mass is 438 g/mol. The molecule has 2 heterocycles. The van der Waals surface area contributed by atoms with Crippen LogP contribution in [0.15, 0.2) is 20.8 Å². The van der Waals surface area contributed by atoms with Gasteiger partial charge < -0.3 is 19.3 Å². The standard InChI is InChI=1S/C15H20BrClN2O6/c1-2-23-13(6-17)24-8-11-10(20)5-12(25-11)19-7-9(3-4-16)14(21)18-15(19)22/h3-4,7,10-13,20H,2,5-6,8H2,1H3,(H,18,21,22)/t10?,11-,12-,13?/m0/s1. The zero-order valence-corrected chi connectivity index (χ0v) is 15.9. The van der Waals surface area contributed by atoms with Gasteiger partial charge in [0.1, 0.15) is 12.3 Å². The zero-order chi connectivity index (χ0) is 18.4. The first-order valence-corrected chi connectivity index (χ1v) is 9.20. The highest BCUT2D eigenvalue weighted by atomic mass is 79.9. The number of H-pyrrole nitrogens is 1. The number of nitrogens with zero attached hydrogens (tertiary/aromatic N) is 1. The molecule has 0 aromatic carbocycles. The maximum Gasteiger partial charge on any atom is 0.330 e. The summed E-state index contributed by atoms with van der Waals surface area (Å²) in [5.74, 6) is 0.154. The number of rotatable bonds is 8. The van der Waals surface area contributed by atoms with Gasteiger partial charge in [0.15, 0.2) is 6.29 Å². The zero-order valence-electron chi connectivity index (χ0n) is 13.6. The van der Waals surface area contributed by atoms with Crippen molar-refractivity contribution >= 4 is 33.6 Å². The van der Waals surface area contributed by atoms with Crippen LogP contribution in [0.4, 0.5) is 0 Å². The molecule has 0 bridgehead atoms. The minimum atomic E-state index is -0.823. The van der Waals surface area contributed by atoms with Gasteiger partial charge in [-0.1, -0.05) is 15.9 Å². The van der Waals surface area contributed by atoms with E-state index < -0.39 is 36.0 Å². The summed E-state index contributed by atoms with van der Waals surface area (Å²) in [6, 6.07) is 0. The highest BCUT2D eigenvalue weighted by molar-refractivity contribution is 9.11. The molecule has 1 aliphatic rings. The third-order valence-corrected chi connectivity index (χ3v) is 4.19. The summed E-state index contributed by atoms with van der Waals surface area (Å²) in [4.78, 5) is 27.5. The summed E-state index contributed by atoms with van der Waals surface area (Å²) in [7, 11) is 0. The largest absolute Gasteiger partial charge is 0.390 e. The van der Waals surface area contributed by atoms with Gasteiger partial charge in [-0.25, -0.2) is 4.79 Å². The highest BCUT2D eigenvalue weighted by Gasteiger charge is 2.36. The van der Waals surface area contributed by atoms with Crippen LogP contribution in [0.25, 0.3) is 6.08 Å². The number of alkyl halides is 1. The van der Waals surface area contributed by atoms with E-state index in [1.54, 1.807) is 0 Å². The van der Waals surface area contributed by atoms with Gasteiger partial charge in [0.2, 0.25) is 0 Å². The second kappa shape index (κ2) is 9.65. The van der Waals surface area contributed by atoms with E-state index in [2.05, 4.69) is 20.9 Å². The molecular formula is C15H20BrClN2O6. The van der Waals surface area contributed by atoms with Crippen LogP contribution < -0.4 is 11.2 Å². The lowest BCUT2D eigenvalue weighted by molar-refractivity contribution is -0.157. The van der Waals surface area contributed by atoms with Crippen LogP contribution >= 0.6 is 27.5 Å². The third kappa shape index (κ3) is 5.25. The van der Waals surface area contributed by atoms with Crippen LogP contribution in [-0.4, -0.2) is 52.2 Å². The molecule has 1 aromatic rings. The Kier molecular flexibility index (Phi) is 7.85. The summed E-state index contributed by atoms with van der Waals surface area (Å²) in [6.45, 7) is 2.34. The predicted octanol–water partition coefficient (Wildman–Crippen LogP) is 1.17. The van der Waals surface area contributed by atoms with Crippen molar-refractivity contribution in [2.45, 2.75) is 38.1 Å². The van der Waals surface area contributed by atoms with Gasteiger partial charge in [-0.2, -0.15) is 0 Å². The van der Waals surface area contributed by atoms with E-state index in [0.29, 0.717) is 6.61 Å². The second-order valence-electron chi connectivity index (χ2n) is 5.35. The number of hydrogen-bond acceptors (Lipinski definition) is 6. The number of halogens is 2. The van der Waals surface area contributed by atoms with Gasteiger partial charge in [0.25, 0.3) is 5.56 Å². The fourth-order valence-corrected chi connectivity index (χ4v) is 2.93. The minimum absolute atomic E-state index is 0.0708. The number of ether oxygens (including phenoxy) is 3. The van der Waals surface area contributed by atoms with Crippen molar-refractivity contribution in [2.75, 3.05) is 19.1 Å². The predicted molar refractivity (Wildman–Crippen MR) is 95.9 cm³/mol. The summed E-state index contributed by atoms with van der Waals surface area (Å²) < 4.78 is 17.7. The van der Waals surface area contributed by atoms with Crippen molar-refractivity contribution in [3.05, 3.63) is 37.6 Å². The molecule has 4 atom stereocenters. The van der Waals surface area contributed by atoms with Gasteiger partial charge in [-0.05, 0) is 18.0 Å². The Morgan fingerprint density at radius 1 is 1.56 bits per heavy atom. The molecule has 2 rings (SSSR count). The normalized spacial score (nSPS) is 24.9. The third-order valence-electron chi connectivity index (χ3n) is 3.68. The smallest absolute Gasteiger partial charge is 0.330 e. The van der Waals surface area contributed by atoms with E-state index in [4.69, 9.17) is 25.8 Å². The molecule has 0 aliphatic carbocycles. The van der Waals surface area contributed by atoms with Gasteiger partial charge >= 0.3 is 5.69 Å². The van der Waals surface area contributed by atoms with E-state index in [0.717, 1.165) is 0 Å². The van der Waals surface area contributed by atoms with E-state index in [9.17, 15) is 14.7 Å². The summed E-state index contributed by atoms with van der Waals surface area (Å²) >= 11 is 8.82. The van der Waals surface area contributed by atoms with E-state index in [1.165, 1.54) is 21.8 Å². The van der Waals surface area contributed by atoms with Gasteiger partial charge in [-0.3, -0.25) is 14.3 Å². The topological polar surface area (TPSA) is 103 Å².